The molecule has 0 saturated heterocycles. The van der Waals surface area contributed by atoms with Crippen LogP contribution in [0.4, 0.5) is 0 Å². The highest BCUT2D eigenvalue weighted by Crippen LogP contribution is 2.30. The Morgan fingerprint density at radius 1 is 0.935 bits per heavy atom. The fourth-order valence-electron chi connectivity index (χ4n) is 3.84. The molecule has 0 spiro atoms. The zero-order valence-corrected chi connectivity index (χ0v) is 20.8. The molecule has 0 aliphatic heterocycles. The molecule has 172 valence electrons. The van der Waals surface area contributed by atoms with E-state index in [0.29, 0.717) is 12.5 Å². The second kappa shape index (κ2) is 14.5. The van der Waals surface area contributed by atoms with Gasteiger partial charge in [-0.2, -0.15) is 0 Å². The van der Waals surface area contributed by atoms with Gasteiger partial charge < -0.3 is 4.74 Å². The molecule has 1 aromatic heterocycles. The first-order chi connectivity index (χ1) is 15.0. The predicted octanol–water partition coefficient (Wildman–Crippen LogP) is 8.71. The molecule has 0 fully saturated rings. The number of aromatic nitrogens is 1. The molecule has 0 bridgehead atoms. The minimum atomic E-state index is 0.00786. The number of ether oxygens (including phenoxy) is 1. The number of rotatable bonds is 15. The van der Waals surface area contributed by atoms with Gasteiger partial charge in [0.1, 0.15) is 18.1 Å². The topological polar surface area (TPSA) is 22.1 Å². The van der Waals surface area contributed by atoms with Crippen LogP contribution < -0.4 is 4.74 Å². The van der Waals surface area contributed by atoms with Crippen molar-refractivity contribution in [2.45, 2.75) is 90.9 Å². The van der Waals surface area contributed by atoms with Gasteiger partial charge >= 0.3 is 0 Å². The minimum Gasteiger partial charge on any atom is -0.490 e. The number of benzene rings is 1. The molecule has 2 rings (SSSR count). The van der Waals surface area contributed by atoms with Gasteiger partial charge in [0, 0.05) is 11.8 Å². The van der Waals surface area contributed by atoms with E-state index in [1.165, 1.54) is 50.5 Å². The lowest BCUT2D eigenvalue weighted by Gasteiger charge is -2.20. The van der Waals surface area contributed by atoms with Crippen molar-refractivity contribution in [2.24, 2.45) is 11.8 Å². The fourth-order valence-corrected chi connectivity index (χ4v) is 4.03. The third-order valence-corrected chi connectivity index (χ3v) is 6.54. The van der Waals surface area contributed by atoms with E-state index < -0.39 is 0 Å². The average Bonchev–Trinajstić information content (AvgIpc) is 2.77. The number of halogens is 1. The standard InChI is InChI=1S/C28H42ClNO/c1-5-6-7-8-10-16-24-19-27(28(30-20-24)25-17-11-9-12-18-25)31-21-26(29)23(4)15-13-14-22(2)3/h9,11-12,17-20,22-23,26H,5-8,10,13-16,21H2,1-4H3. The predicted molar refractivity (Wildman–Crippen MR) is 135 cm³/mol. The maximum absolute atomic E-state index is 6.72. The Labute approximate surface area is 195 Å². The molecule has 0 aliphatic rings. The molecule has 0 aliphatic carbocycles. The molecule has 31 heavy (non-hydrogen) atoms. The third-order valence-electron chi connectivity index (χ3n) is 5.98. The molecule has 2 atom stereocenters. The van der Waals surface area contributed by atoms with Crippen molar-refractivity contribution in [1.29, 1.82) is 0 Å². The van der Waals surface area contributed by atoms with Gasteiger partial charge in [0.2, 0.25) is 0 Å². The Morgan fingerprint density at radius 2 is 1.68 bits per heavy atom. The normalized spacial score (nSPS) is 13.4. The Hall–Kier alpha value is -1.54. The van der Waals surface area contributed by atoms with E-state index in [9.17, 15) is 0 Å². The van der Waals surface area contributed by atoms with Crippen LogP contribution in [0.15, 0.2) is 42.6 Å². The average molecular weight is 444 g/mol. The quantitative estimate of drug-likeness (QED) is 0.203. The van der Waals surface area contributed by atoms with Gasteiger partial charge in [0.15, 0.2) is 0 Å². The van der Waals surface area contributed by atoms with Crippen molar-refractivity contribution in [3.63, 3.8) is 0 Å². The lowest BCUT2D eigenvalue weighted by Crippen LogP contribution is -2.20. The van der Waals surface area contributed by atoms with E-state index in [2.05, 4.69) is 45.9 Å². The summed E-state index contributed by atoms with van der Waals surface area (Å²) in [6.45, 7) is 9.57. The SMILES string of the molecule is CCCCCCCc1cnc(-c2ccccc2)c(OCC(Cl)C(C)CCCC(C)C)c1. The lowest BCUT2D eigenvalue weighted by molar-refractivity contribution is 0.280. The summed E-state index contributed by atoms with van der Waals surface area (Å²) in [6, 6.07) is 12.5. The molecule has 1 aromatic carbocycles. The largest absolute Gasteiger partial charge is 0.490 e. The van der Waals surface area contributed by atoms with Crippen molar-refractivity contribution < 1.29 is 4.74 Å². The summed E-state index contributed by atoms with van der Waals surface area (Å²) in [5.41, 5.74) is 3.25. The molecule has 2 nitrogen and oxygen atoms in total. The van der Waals surface area contributed by atoms with Crippen LogP contribution >= 0.6 is 11.6 Å². The van der Waals surface area contributed by atoms with E-state index >= 15 is 0 Å². The molecule has 2 aromatic rings. The molecule has 2 unspecified atom stereocenters. The van der Waals surface area contributed by atoms with Crippen LogP contribution in [0.1, 0.15) is 84.6 Å². The van der Waals surface area contributed by atoms with E-state index in [4.69, 9.17) is 21.3 Å². The number of pyridine rings is 1. The second-order valence-electron chi connectivity index (χ2n) is 9.35. The van der Waals surface area contributed by atoms with Crippen LogP contribution in [0.25, 0.3) is 11.3 Å². The number of aryl methyl sites for hydroxylation is 1. The number of unbranched alkanes of at least 4 members (excludes halogenated alkanes) is 4. The first-order valence-electron chi connectivity index (χ1n) is 12.3. The smallest absolute Gasteiger partial charge is 0.145 e. The van der Waals surface area contributed by atoms with Crippen LogP contribution in [0.3, 0.4) is 0 Å². The molecular weight excluding hydrogens is 402 g/mol. The first-order valence-corrected chi connectivity index (χ1v) is 12.8. The first kappa shape index (κ1) is 25.7. The zero-order chi connectivity index (χ0) is 22.5. The molecule has 3 heteroatoms. The number of nitrogens with zero attached hydrogens (tertiary/aromatic N) is 1. The van der Waals surface area contributed by atoms with Gasteiger partial charge in [-0.15, -0.1) is 11.6 Å². The Morgan fingerprint density at radius 3 is 2.39 bits per heavy atom. The van der Waals surface area contributed by atoms with E-state index in [-0.39, 0.29) is 5.38 Å². The minimum absolute atomic E-state index is 0.00786. The molecule has 1 heterocycles. The van der Waals surface area contributed by atoms with Crippen LogP contribution in [-0.4, -0.2) is 17.0 Å². The summed E-state index contributed by atoms with van der Waals surface area (Å²) in [6.07, 6.45) is 13.1. The summed E-state index contributed by atoms with van der Waals surface area (Å²) in [4.78, 5) is 4.79. The van der Waals surface area contributed by atoms with Crippen molar-refractivity contribution >= 4 is 11.6 Å². The van der Waals surface area contributed by atoms with Crippen LogP contribution in [-0.2, 0) is 6.42 Å². The lowest BCUT2D eigenvalue weighted by atomic mass is 9.97. The monoisotopic (exact) mass is 443 g/mol. The Bertz CT molecular complexity index is 731. The number of alkyl halides is 1. The summed E-state index contributed by atoms with van der Waals surface area (Å²) in [5, 5.41) is 0.00786. The summed E-state index contributed by atoms with van der Waals surface area (Å²) >= 11 is 6.72. The van der Waals surface area contributed by atoms with Gasteiger partial charge in [-0.3, -0.25) is 4.98 Å². The molecule has 0 N–H and O–H groups in total. The molecule has 0 saturated carbocycles. The van der Waals surface area contributed by atoms with Crippen molar-refractivity contribution in [3.8, 4) is 17.0 Å². The number of hydrogen-bond donors (Lipinski definition) is 0. The highest BCUT2D eigenvalue weighted by atomic mass is 35.5. The van der Waals surface area contributed by atoms with Crippen molar-refractivity contribution in [3.05, 3.63) is 48.2 Å². The maximum Gasteiger partial charge on any atom is 0.145 e. The van der Waals surface area contributed by atoms with Crippen molar-refractivity contribution in [2.75, 3.05) is 6.61 Å². The van der Waals surface area contributed by atoms with Gasteiger partial charge in [-0.1, -0.05) is 96.6 Å². The molecule has 0 amide bonds. The maximum atomic E-state index is 6.72. The van der Waals surface area contributed by atoms with Crippen LogP contribution in [0.2, 0.25) is 0 Å². The summed E-state index contributed by atoms with van der Waals surface area (Å²) in [5.74, 6) is 2.05. The highest BCUT2D eigenvalue weighted by Gasteiger charge is 2.17. The van der Waals surface area contributed by atoms with Crippen molar-refractivity contribution in [1.82, 2.24) is 4.98 Å². The van der Waals surface area contributed by atoms with Gasteiger partial charge in [-0.25, -0.2) is 0 Å². The highest BCUT2D eigenvalue weighted by molar-refractivity contribution is 6.20. The van der Waals surface area contributed by atoms with Gasteiger partial charge in [0.05, 0.1) is 5.38 Å². The van der Waals surface area contributed by atoms with E-state index in [1.807, 2.05) is 24.4 Å². The summed E-state index contributed by atoms with van der Waals surface area (Å²) in [7, 11) is 0. The van der Waals surface area contributed by atoms with E-state index in [1.54, 1.807) is 0 Å². The third kappa shape index (κ3) is 9.64. The second-order valence-corrected chi connectivity index (χ2v) is 9.91. The Kier molecular flexibility index (Phi) is 12.0. The van der Waals surface area contributed by atoms with E-state index in [0.717, 1.165) is 35.8 Å². The molecular formula is C28H42ClNO. The Balaban J connectivity index is 2.02. The number of hydrogen-bond acceptors (Lipinski definition) is 2. The zero-order valence-electron chi connectivity index (χ0n) is 20.1. The fraction of sp³-hybridized carbons (Fsp3) is 0.607. The van der Waals surface area contributed by atoms with Crippen LogP contribution in [0, 0.1) is 11.8 Å². The van der Waals surface area contributed by atoms with Crippen LogP contribution in [0.5, 0.6) is 5.75 Å². The van der Waals surface area contributed by atoms with Gasteiger partial charge in [-0.05, 0) is 42.7 Å². The van der Waals surface area contributed by atoms with Gasteiger partial charge in [0.25, 0.3) is 0 Å². The summed E-state index contributed by atoms with van der Waals surface area (Å²) < 4.78 is 6.29. The molecule has 0 radical (unpaired) electrons.